The van der Waals surface area contributed by atoms with Crippen molar-refractivity contribution in [1.82, 2.24) is 9.55 Å². The monoisotopic (exact) mass is 351 g/mol. The minimum absolute atomic E-state index is 0.578. The molecule has 0 spiro atoms. The van der Waals surface area contributed by atoms with Crippen LogP contribution in [0.4, 0.5) is 5.69 Å². The Labute approximate surface area is 152 Å². The quantitative estimate of drug-likeness (QED) is 0.658. The Balaban J connectivity index is 1.84. The van der Waals surface area contributed by atoms with E-state index in [2.05, 4.69) is 34.0 Å². The largest absolute Gasteiger partial charge is 0.378 e. The highest BCUT2D eigenvalue weighted by atomic mass is 35.5. The molecule has 1 aromatic heterocycles. The van der Waals surface area contributed by atoms with E-state index in [0.717, 1.165) is 54.3 Å². The van der Waals surface area contributed by atoms with Crippen LogP contribution in [0.5, 0.6) is 0 Å². The Kier molecular flexibility index (Phi) is 4.12. The Morgan fingerprint density at radius 3 is 2.60 bits per heavy atom. The molecular weight excluding hydrogens is 334 g/mol. The number of hydrogen-bond donors (Lipinski definition) is 0. The minimum atomic E-state index is 0.578. The van der Waals surface area contributed by atoms with Crippen LogP contribution < -0.4 is 4.90 Å². The van der Waals surface area contributed by atoms with Crippen molar-refractivity contribution < 1.29 is 4.74 Å². The van der Waals surface area contributed by atoms with E-state index in [1.807, 2.05) is 29.7 Å². The van der Waals surface area contributed by atoms with Crippen LogP contribution in [0.2, 0.25) is 5.02 Å². The van der Waals surface area contributed by atoms with Gasteiger partial charge in [-0.25, -0.2) is 4.98 Å². The molecule has 1 aliphatic heterocycles. The van der Waals surface area contributed by atoms with Gasteiger partial charge in [-0.05, 0) is 48.7 Å². The van der Waals surface area contributed by atoms with Crippen molar-refractivity contribution in [3.63, 3.8) is 0 Å². The lowest BCUT2D eigenvalue weighted by Gasteiger charge is -2.28. The van der Waals surface area contributed by atoms with Crippen molar-refractivity contribution in [1.29, 1.82) is 0 Å². The first-order valence-corrected chi connectivity index (χ1v) is 8.63. The van der Waals surface area contributed by atoms with Gasteiger partial charge in [-0.1, -0.05) is 17.7 Å². The summed E-state index contributed by atoms with van der Waals surface area (Å²) in [6, 6.07) is 12.2. The van der Waals surface area contributed by atoms with E-state index in [9.17, 15) is 0 Å². The van der Waals surface area contributed by atoms with Crippen LogP contribution in [0.25, 0.3) is 16.7 Å². The molecule has 0 radical (unpaired) electrons. The van der Waals surface area contributed by atoms with Crippen LogP contribution in [0, 0.1) is 19.3 Å². The number of morpholine rings is 1. The lowest BCUT2D eigenvalue weighted by molar-refractivity contribution is 0.122. The maximum atomic E-state index is 6.30. The maximum absolute atomic E-state index is 6.30. The van der Waals surface area contributed by atoms with Crippen LogP contribution in [0.15, 0.2) is 36.4 Å². The third-order valence-corrected chi connectivity index (χ3v) is 4.96. The molecule has 3 aromatic rings. The number of terminal acetylenes is 1. The summed E-state index contributed by atoms with van der Waals surface area (Å²) in [7, 11) is 0. The molecule has 0 atom stereocenters. The fourth-order valence-electron chi connectivity index (χ4n) is 3.17. The minimum Gasteiger partial charge on any atom is -0.378 e. The van der Waals surface area contributed by atoms with Crippen molar-refractivity contribution in [3.8, 4) is 18.0 Å². The van der Waals surface area contributed by atoms with Crippen LogP contribution >= 0.6 is 11.6 Å². The average molecular weight is 352 g/mol. The molecule has 4 rings (SSSR count). The first-order chi connectivity index (χ1) is 12.2. The molecule has 1 fully saturated rings. The van der Waals surface area contributed by atoms with Crippen molar-refractivity contribution in [2.75, 3.05) is 31.2 Å². The standard InChI is InChI=1S/C20H18ClN3O/c1-3-20-22-18-13-15(23-8-10-25-11-9-23)6-7-19(18)24(20)16-5-4-14(2)17(21)12-16/h1,4-7,12-13H,8-11H2,2H3. The van der Waals surface area contributed by atoms with E-state index < -0.39 is 0 Å². The van der Waals surface area contributed by atoms with Gasteiger partial charge in [-0.3, -0.25) is 4.57 Å². The molecule has 1 saturated heterocycles. The molecular formula is C20H18ClN3O. The summed E-state index contributed by atoms with van der Waals surface area (Å²) in [4.78, 5) is 6.95. The van der Waals surface area contributed by atoms with Crippen LogP contribution in [0.1, 0.15) is 11.4 Å². The van der Waals surface area contributed by atoms with Gasteiger partial charge in [-0.15, -0.1) is 6.42 Å². The summed E-state index contributed by atoms with van der Waals surface area (Å²) in [6.45, 7) is 5.27. The Morgan fingerprint density at radius 1 is 1.12 bits per heavy atom. The molecule has 0 bridgehead atoms. The second-order valence-electron chi connectivity index (χ2n) is 6.12. The number of anilines is 1. The summed E-state index contributed by atoms with van der Waals surface area (Å²) < 4.78 is 7.40. The van der Waals surface area contributed by atoms with Crippen LogP contribution in [-0.4, -0.2) is 35.9 Å². The number of aromatic nitrogens is 2. The van der Waals surface area contributed by atoms with E-state index in [1.54, 1.807) is 0 Å². The number of nitrogens with zero attached hydrogens (tertiary/aromatic N) is 3. The Morgan fingerprint density at radius 2 is 1.88 bits per heavy atom. The number of benzene rings is 2. The van der Waals surface area contributed by atoms with Crippen molar-refractivity contribution in [2.24, 2.45) is 0 Å². The number of ether oxygens (including phenoxy) is 1. The van der Waals surface area contributed by atoms with Gasteiger partial charge in [0.05, 0.1) is 24.2 Å². The molecule has 2 aromatic carbocycles. The fourth-order valence-corrected chi connectivity index (χ4v) is 3.34. The van der Waals surface area contributed by atoms with E-state index in [4.69, 9.17) is 22.8 Å². The summed E-state index contributed by atoms with van der Waals surface area (Å²) >= 11 is 6.30. The van der Waals surface area contributed by atoms with Crippen molar-refractivity contribution in [3.05, 3.63) is 52.8 Å². The summed E-state index contributed by atoms with van der Waals surface area (Å²) in [6.07, 6.45) is 5.71. The molecule has 2 heterocycles. The fraction of sp³-hybridized carbons (Fsp3) is 0.250. The van der Waals surface area contributed by atoms with Crippen molar-refractivity contribution >= 4 is 28.3 Å². The van der Waals surface area contributed by atoms with E-state index in [-0.39, 0.29) is 0 Å². The lowest BCUT2D eigenvalue weighted by Crippen LogP contribution is -2.36. The van der Waals surface area contributed by atoms with Gasteiger partial charge >= 0.3 is 0 Å². The number of fused-ring (bicyclic) bond motifs is 1. The predicted octanol–water partition coefficient (Wildman–Crippen LogP) is 3.81. The number of hydrogen-bond acceptors (Lipinski definition) is 3. The number of imidazole rings is 1. The highest BCUT2D eigenvalue weighted by molar-refractivity contribution is 6.31. The Hall–Kier alpha value is -2.48. The highest BCUT2D eigenvalue weighted by Gasteiger charge is 2.16. The van der Waals surface area contributed by atoms with Gasteiger partial charge in [0.15, 0.2) is 5.82 Å². The van der Waals surface area contributed by atoms with Gasteiger partial charge in [-0.2, -0.15) is 0 Å². The zero-order chi connectivity index (χ0) is 17.4. The SMILES string of the molecule is C#Cc1nc2cc(N3CCOCC3)ccc2n1-c1ccc(C)c(Cl)c1. The molecule has 4 nitrogen and oxygen atoms in total. The highest BCUT2D eigenvalue weighted by Crippen LogP contribution is 2.28. The second kappa shape index (κ2) is 6.44. The smallest absolute Gasteiger partial charge is 0.190 e. The molecule has 0 N–H and O–H groups in total. The summed E-state index contributed by atoms with van der Waals surface area (Å²) in [5, 5.41) is 0.715. The van der Waals surface area contributed by atoms with Crippen molar-refractivity contribution in [2.45, 2.75) is 6.92 Å². The van der Waals surface area contributed by atoms with E-state index in [0.29, 0.717) is 10.8 Å². The molecule has 0 saturated carbocycles. The molecule has 0 amide bonds. The molecule has 25 heavy (non-hydrogen) atoms. The van der Waals surface area contributed by atoms with Gasteiger partial charge in [0.2, 0.25) is 0 Å². The summed E-state index contributed by atoms with van der Waals surface area (Å²) in [5.41, 5.74) is 4.96. The topological polar surface area (TPSA) is 30.3 Å². The van der Waals surface area contributed by atoms with Gasteiger partial charge < -0.3 is 9.64 Å². The average Bonchev–Trinajstić information content (AvgIpc) is 3.02. The van der Waals surface area contributed by atoms with Crippen LogP contribution in [-0.2, 0) is 4.74 Å². The number of rotatable bonds is 2. The third-order valence-electron chi connectivity index (χ3n) is 4.56. The molecule has 5 heteroatoms. The van der Waals surface area contributed by atoms with E-state index >= 15 is 0 Å². The van der Waals surface area contributed by atoms with Gasteiger partial charge in [0.25, 0.3) is 0 Å². The number of halogens is 1. The zero-order valence-electron chi connectivity index (χ0n) is 14.0. The molecule has 0 unspecified atom stereocenters. The molecule has 0 aliphatic carbocycles. The first kappa shape index (κ1) is 16.0. The Bertz CT molecular complexity index is 981. The first-order valence-electron chi connectivity index (χ1n) is 8.26. The lowest BCUT2D eigenvalue weighted by atomic mass is 10.2. The van der Waals surface area contributed by atoms with E-state index in [1.165, 1.54) is 0 Å². The predicted molar refractivity (Wildman–Crippen MR) is 102 cm³/mol. The van der Waals surface area contributed by atoms with Crippen LogP contribution in [0.3, 0.4) is 0 Å². The van der Waals surface area contributed by atoms with Gasteiger partial charge in [0, 0.05) is 29.5 Å². The molecule has 1 aliphatic rings. The maximum Gasteiger partial charge on any atom is 0.190 e. The zero-order valence-corrected chi connectivity index (χ0v) is 14.8. The number of aryl methyl sites for hydroxylation is 1. The van der Waals surface area contributed by atoms with Gasteiger partial charge in [0.1, 0.15) is 0 Å². The summed E-state index contributed by atoms with van der Waals surface area (Å²) in [5.74, 6) is 3.27. The molecule has 126 valence electrons. The normalized spacial score (nSPS) is 14.7. The second-order valence-corrected chi connectivity index (χ2v) is 6.53. The third kappa shape index (κ3) is 2.86.